The van der Waals surface area contributed by atoms with E-state index >= 15 is 0 Å². The number of alkyl halides is 3. The lowest BCUT2D eigenvalue weighted by atomic mass is 9.99. The molecule has 1 amide bonds. The summed E-state index contributed by atoms with van der Waals surface area (Å²) in [4.78, 5) is 36.6. The van der Waals surface area contributed by atoms with Crippen molar-refractivity contribution in [2.24, 2.45) is 5.73 Å². The van der Waals surface area contributed by atoms with Crippen LogP contribution in [0.3, 0.4) is 0 Å². The predicted molar refractivity (Wildman–Crippen MR) is 102 cm³/mol. The fraction of sp³-hybridized carbons (Fsp3) is 0.550. The summed E-state index contributed by atoms with van der Waals surface area (Å²) in [5.74, 6) is -5.08. The average Bonchev–Trinajstić information content (AvgIpc) is 2.69. The lowest BCUT2D eigenvalue weighted by Gasteiger charge is -2.35. The Balaban J connectivity index is 3.31. The number of aliphatic carboxylic acids is 1. The Labute approximate surface area is 173 Å². The third kappa shape index (κ3) is 7.66. The zero-order chi connectivity index (χ0) is 22.7. The van der Waals surface area contributed by atoms with Gasteiger partial charge in [0.05, 0.1) is 6.61 Å². The van der Waals surface area contributed by atoms with Crippen LogP contribution in [0.1, 0.15) is 38.2 Å². The van der Waals surface area contributed by atoms with Gasteiger partial charge >= 0.3 is 24.0 Å². The molecule has 168 valence electrons. The fourth-order valence-corrected chi connectivity index (χ4v) is 3.07. The number of nitrogens with two attached hydrogens (primary N) is 1. The van der Waals surface area contributed by atoms with Gasteiger partial charge in [-0.05, 0) is 51.1 Å². The maximum atomic E-state index is 13.3. The van der Waals surface area contributed by atoms with Crippen LogP contribution < -0.4 is 5.73 Å². The molecule has 0 saturated heterocycles. The molecule has 1 rings (SSSR count). The van der Waals surface area contributed by atoms with Crippen LogP contribution in [-0.4, -0.2) is 59.3 Å². The average molecular weight is 432 g/mol. The second-order valence-corrected chi connectivity index (χ2v) is 6.64. The number of aryl methyl sites for hydroxylation is 1. The van der Waals surface area contributed by atoms with Crippen LogP contribution in [0, 0.1) is 0 Å². The molecular formula is C20H27F3N2O5. The molecule has 2 atom stereocenters. The van der Waals surface area contributed by atoms with Crippen LogP contribution in [0.5, 0.6) is 0 Å². The van der Waals surface area contributed by atoms with E-state index in [1.165, 1.54) is 6.92 Å². The molecule has 30 heavy (non-hydrogen) atoms. The molecule has 0 radical (unpaired) electrons. The first-order valence-corrected chi connectivity index (χ1v) is 9.66. The van der Waals surface area contributed by atoms with Crippen molar-refractivity contribution >= 4 is 17.8 Å². The lowest BCUT2D eigenvalue weighted by Crippen LogP contribution is -2.58. The van der Waals surface area contributed by atoms with Crippen molar-refractivity contribution in [2.75, 3.05) is 13.2 Å². The van der Waals surface area contributed by atoms with Gasteiger partial charge in [-0.3, -0.25) is 4.79 Å². The lowest BCUT2D eigenvalue weighted by molar-refractivity contribution is -0.195. The standard InChI is InChI=1S/C20H27F3N2O5/c1-2-30-18(28)16(12-11-14-8-4-3-5-9-14)25(19(29)20(21,22)23)15(17(26)27)10-6-7-13-24/h3-5,8-9,15-16H,2,6-7,10-13,24H2,1H3,(H,26,27)/t15-,16-/m0/s1. The van der Waals surface area contributed by atoms with E-state index in [0.29, 0.717) is 6.42 Å². The largest absolute Gasteiger partial charge is 0.480 e. The van der Waals surface area contributed by atoms with Gasteiger partial charge < -0.3 is 20.5 Å². The van der Waals surface area contributed by atoms with Gasteiger partial charge in [0.25, 0.3) is 0 Å². The molecule has 0 aliphatic rings. The molecule has 10 heteroatoms. The summed E-state index contributed by atoms with van der Waals surface area (Å²) < 4.78 is 44.9. The number of hydrogen-bond acceptors (Lipinski definition) is 5. The molecule has 0 heterocycles. The third-order valence-corrected chi connectivity index (χ3v) is 4.47. The van der Waals surface area contributed by atoms with Gasteiger partial charge in [-0.2, -0.15) is 13.2 Å². The number of nitrogens with zero attached hydrogens (tertiary/aromatic N) is 1. The predicted octanol–water partition coefficient (Wildman–Crippen LogP) is 2.52. The second kappa shape index (κ2) is 12.2. The van der Waals surface area contributed by atoms with Gasteiger partial charge in [-0.15, -0.1) is 0 Å². The molecule has 0 aliphatic carbocycles. The van der Waals surface area contributed by atoms with Gasteiger partial charge in [-0.25, -0.2) is 9.59 Å². The highest BCUT2D eigenvalue weighted by Gasteiger charge is 2.50. The Morgan fingerprint density at radius 1 is 1.10 bits per heavy atom. The van der Waals surface area contributed by atoms with E-state index in [1.807, 2.05) is 0 Å². The molecule has 0 bridgehead atoms. The number of carbonyl (C=O) groups is 3. The van der Waals surface area contributed by atoms with E-state index in [9.17, 15) is 32.7 Å². The van der Waals surface area contributed by atoms with Gasteiger partial charge in [0.1, 0.15) is 12.1 Å². The normalized spacial score (nSPS) is 13.4. The number of carboxylic acids is 1. The number of unbranched alkanes of at least 4 members (excludes halogenated alkanes) is 1. The third-order valence-electron chi connectivity index (χ3n) is 4.47. The molecular weight excluding hydrogens is 405 g/mol. The highest BCUT2D eigenvalue weighted by molar-refractivity contribution is 5.91. The van der Waals surface area contributed by atoms with Gasteiger partial charge in [0.15, 0.2) is 0 Å². The number of amides is 1. The Morgan fingerprint density at radius 3 is 2.23 bits per heavy atom. The van der Waals surface area contributed by atoms with Crippen molar-refractivity contribution in [1.82, 2.24) is 4.90 Å². The van der Waals surface area contributed by atoms with Crippen LogP contribution >= 0.6 is 0 Å². The zero-order valence-corrected chi connectivity index (χ0v) is 16.7. The van der Waals surface area contributed by atoms with Crippen molar-refractivity contribution in [1.29, 1.82) is 0 Å². The van der Waals surface area contributed by atoms with Crippen molar-refractivity contribution in [3.8, 4) is 0 Å². The van der Waals surface area contributed by atoms with E-state index in [0.717, 1.165) is 5.56 Å². The molecule has 3 N–H and O–H groups in total. The molecule has 0 fully saturated rings. The quantitative estimate of drug-likeness (QED) is 0.388. The van der Waals surface area contributed by atoms with Crippen molar-refractivity contribution in [3.05, 3.63) is 35.9 Å². The number of esters is 1. The Morgan fingerprint density at radius 2 is 1.73 bits per heavy atom. The van der Waals surface area contributed by atoms with Crippen LogP contribution in [-0.2, 0) is 25.5 Å². The van der Waals surface area contributed by atoms with E-state index in [-0.39, 0.29) is 43.7 Å². The minimum absolute atomic E-state index is 0.125. The number of benzene rings is 1. The summed E-state index contributed by atoms with van der Waals surface area (Å²) in [6.45, 7) is 1.56. The topological polar surface area (TPSA) is 110 Å². The Hall–Kier alpha value is -2.62. The number of rotatable bonds is 12. The van der Waals surface area contributed by atoms with Gasteiger partial charge in [-0.1, -0.05) is 30.3 Å². The summed E-state index contributed by atoms with van der Waals surface area (Å²) >= 11 is 0. The van der Waals surface area contributed by atoms with Gasteiger partial charge in [0.2, 0.25) is 0 Å². The summed E-state index contributed by atoms with van der Waals surface area (Å²) in [5, 5.41) is 9.56. The number of carboxylic acid groups (broad SMARTS) is 1. The summed E-state index contributed by atoms with van der Waals surface area (Å²) in [7, 11) is 0. The molecule has 1 aromatic carbocycles. The molecule has 1 aromatic rings. The summed E-state index contributed by atoms with van der Waals surface area (Å²) in [6, 6.07) is 5.10. The molecule has 0 unspecified atom stereocenters. The summed E-state index contributed by atoms with van der Waals surface area (Å²) in [5.41, 5.74) is 6.10. The van der Waals surface area contributed by atoms with Crippen LogP contribution in [0.4, 0.5) is 13.2 Å². The Bertz CT molecular complexity index is 697. The SMILES string of the molecule is CCOC(=O)[C@H](CCc1ccccc1)N(C(=O)C(F)(F)F)[C@@H](CCCCN)C(=O)O. The smallest absolute Gasteiger partial charge is 0.471 e. The monoisotopic (exact) mass is 432 g/mol. The van der Waals surface area contributed by atoms with Crippen LogP contribution in [0.25, 0.3) is 0 Å². The maximum absolute atomic E-state index is 13.3. The number of hydrogen-bond donors (Lipinski definition) is 2. The highest BCUT2D eigenvalue weighted by Crippen LogP contribution is 2.26. The summed E-state index contributed by atoms with van der Waals surface area (Å²) in [6.07, 6.45) is -5.13. The number of halogens is 3. The van der Waals surface area contributed by atoms with Crippen LogP contribution in [0.2, 0.25) is 0 Å². The zero-order valence-electron chi connectivity index (χ0n) is 16.7. The van der Waals surface area contributed by atoms with Crippen molar-refractivity contribution in [3.63, 3.8) is 0 Å². The van der Waals surface area contributed by atoms with E-state index < -0.39 is 36.1 Å². The van der Waals surface area contributed by atoms with Gasteiger partial charge in [0, 0.05) is 0 Å². The molecule has 0 spiro atoms. The number of carbonyl (C=O) groups excluding carboxylic acids is 2. The van der Waals surface area contributed by atoms with Crippen LogP contribution in [0.15, 0.2) is 30.3 Å². The first-order chi connectivity index (χ1) is 14.1. The molecule has 0 aromatic heterocycles. The first kappa shape index (κ1) is 25.4. The Kier molecular flexibility index (Phi) is 10.3. The van der Waals surface area contributed by atoms with Crippen molar-refractivity contribution in [2.45, 2.75) is 57.3 Å². The molecule has 0 aliphatic heterocycles. The highest BCUT2D eigenvalue weighted by atomic mass is 19.4. The molecule has 0 saturated carbocycles. The fourth-order valence-electron chi connectivity index (χ4n) is 3.07. The molecule has 7 nitrogen and oxygen atoms in total. The maximum Gasteiger partial charge on any atom is 0.471 e. The van der Waals surface area contributed by atoms with E-state index in [4.69, 9.17) is 10.5 Å². The van der Waals surface area contributed by atoms with Crippen molar-refractivity contribution < 1.29 is 37.4 Å². The van der Waals surface area contributed by atoms with E-state index in [2.05, 4.69) is 0 Å². The second-order valence-electron chi connectivity index (χ2n) is 6.64. The first-order valence-electron chi connectivity index (χ1n) is 9.66. The van der Waals surface area contributed by atoms with E-state index in [1.54, 1.807) is 30.3 Å². The number of ether oxygens (including phenoxy) is 1. The minimum Gasteiger partial charge on any atom is -0.480 e. The minimum atomic E-state index is -5.35.